The molecule has 0 N–H and O–H groups in total. The van der Waals surface area contributed by atoms with Crippen molar-refractivity contribution in [2.75, 3.05) is 11.4 Å². The topological polar surface area (TPSA) is 37.4 Å². The molecule has 2 aliphatic rings. The lowest BCUT2D eigenvalue weighted by Crippen LogP contribution is -2.30. The predicted octanol–water partition coefficient (Wildman–Crippen LogP) is 3.97. The lowest BCUT2D eigenvalue weighted by atomic mass is 9.71. The van der Waals surface area contributed by atoms with E-state index in [9.17, 15) is 9.59 Å². The molecule has 0 atom stereocenters. The molecule has 0 bridgehead atoms. The van der Waals surface area contributed by atoms with Crippen LogP contribution in [-0.2, 0) is 4.79 Å². The molecule has 1 aliphatic heterocycles. The van der Waals surface area contributed by atoms with E-state index in [2.05, 4.69) is 6.92 Å². The summed E-state index contributed by atoms with van der Waals surface area (Å²) >= 11 is 0. The van der Waals surface area contributed by atoms with Gasteiger partial charge in [0.2, 0.25) is 5.91 Å². The van der Waals surface area contributed by atoms with Crippen molar-refractivity contribution < 1.29 is 9.59 Å². The van der Waals surface area contributed by atoms with Gasteiger partial charge in [-0.1, -0.05) is 26.2 Å². The van der Waals surface area contributed by atoms with Crippen LogP contribution in [0.25, 0.3) is 0 Å². The van der Waals surface area contributed by atoms with Crippen LogP contribution in [0.2, 0.25) is 0 Å². The molecule has 0 unspecified atom stereocenters. The molecule has 1 aliphatic carbocycles. The number of Topliss-reactive ketones (excluding diaryl/α,β-unsaturated/α-hetero) is 1. The van der Waals surface area contributed by atoms with Crippen molar-refractivity contribution in [3.8, 4) is 0 Å². The summed E-state index contributed by atoms with van der Waals surface area (Å²) in [5, 5.41) is 0. The maximum absolute atomic E-state index is 12.7. The van der Waals surface area contributed by atoms with E-state index in [1.54, 1.807) is 0 Å². The molecule has 1 saturated carbocycles. The van der Waals surface area contributed by atoms with E-state index in [1.165, 1.54) is 6.42 Å². The summed E-state index contributed by atoms with van der Waals surface area (Å²) in [7, 11) is 0. The Morgan fingerprint density at radius 1 is 1.05 bits per heavy atom. The molecular formula is C18H23NO2. The fourth-order valence-electron chi connectivity index (χ4n) is 3.62. The highest BCUT2D eigenvalue weighted by molar-refractivity contribution is 6.01. The second-order valence-corrected chi connectivity index (χ2v) is 6.65. The third-order valence-corrected chi connectivity index (χ3v) is 5.02. The Labute approximate surface area is 126 Å². The second kappa shape index (κ2) is 5.63. The van der Waals surface area contributed by atoms with Gasteiger partial charge in [0.05, 0.1) is 0 Å². The smallest absolute Gasteiger partial charge is 0.227 e. The Morgan fingerprint density at radius 2 is 1.71 bits per heavy atom. The molecule has 1 aromatic carbocycles. The van der Waals surface area contributed by atoms with E-state index in [0.717, 1.165) is 49.9 Å². The molecule has 1 saturated heterocycles. The number of amides is 1. The molecule has 21 heavy (non-hydrogen) atoms. The Bertz CT molecular complexity index is 541. The number of hydrogen-bond donors (Lipinski definition) is 0. The van der Waals surface area contributed by atoms with Crippen LogP contribution >= 0.6 is 0 Å². The first-order chi connectivity index (χ1) is 10.1. The molecule has 2 fully saturated rings. The lowest BCUT2D eigenvalue weighted by molar-refractivity contribution is -0.117. The summed E-state index contributed by atoms with van der Waals surface area (Å²) in [4.78, 5) is 26.3. The van der Waals surface area contributed by atoms with Crippen LogP contribution in [0, 0.1) is 5.41 Å². The van der Waals surface area contributed by atoms with Gasteiger partial charge >= 0.3 is 0 Å². The average Bonchev–Trinajstić information content (AvgIpc) is 2.93. The van der Waals surface area contributed by atoms with Crippen molar-refractivity contribution in [1.82, 2.24) is 0 Å². The van der Waals surface area contributed by atoms with Gasteiger partial charge < -0.3 is 4.90 Å². The number of hydrogen-bond acceptors (Lipinski definition) is 2. The number of rotatable bonds is 3. The van der Waals surface area contributed by atoms with Crippen molar-refractivity contribution in [3.05, 3.63) is 29.8 Å². The SMILES string of the molecule is CC1(C(=O)c2ccc(N3CCCC3=O)cc2)CCCCC1. The molecule has 112 valence electrons. The van der Waals surface area contributed by atoms with Crippen LogP contribution in [0.5, 0.6) is 0 Å². The van der Waals surface area contributed by atoms with Crippen molar-refractivity contribution in [2.24, 2.45) is 5.41 Å². The van der Waals surface area contributed by atoms with Gasteiger partial charge in [0.15, 0.2) is 5.78 Å². The minimum absolute atomic E-state index is 0.188. The van der Waals surface area contributed by atoms with Gasteiger partial charge in [-0.3, -0.25) is 9.59 Å². The molecule has 3 heteroatoms. The minimum Gasteiger partial charge on any atom is -0.312 e. The van der Waals surface area contributed by atoms with Gasteiger partial charge in [-0.15, -0.1) is 0 Å². The highest BCUT2D eigenvalue weighted by Gasteiger charge is 2.35. The fourth-order valence-corrected chi connectivity index (χ4v) is 3.62. The van der Waals surface area contributed by atoms with E-state index in [1.807, 2.05) is 29.2 Å². The first-order valence-corrected chi connectivity index (χ1v) is 8.05. The minimum atomic E-state index is -0.191. The van der Waals surface area contributed by atoms with Gasteiger partial charge in [0, 0.05) is 29.6 Å². The molecular weight excluding hydrogens is 262 g/mol. The second-order valence-electron chi connectivity index (χ2n) is 6.65. The summed E-state index contributed by atoms with van der Waals surface area (Å²) in [6.45, 7) is 2.90. The molecule has 3 nitrogen and oxygen atoms in total. The third-order valence-electron chi connectivity index (χ3n) is 5.02. The fraction of sp³-hybridized carbons (Fsp3) is 0.556. The van der Waals surface area contributed by atoms with Crippen molar-refractivity contribution >= 4 is 17.4 Å². The Kier molecular flexibility index (Phi) is 3.83. The lowest BCUT2D eigenvalue weighted by Gasteiger charge is -2.32. The number of ketones is 1. The number of nitrogens with zero attached hydrogens (tertiary/aromatic N) is 1. The van der Waals surface area contributed by atoms with Gasteiger partial charge in [-0.05, 0) is 43.5 Å². The van der Waals surface area contributed by atoms with Crippen LogP contribution < -0.4 is 4.90 Å². The predicted molar refractivity (Wildman–Crippen MR) is 83.6 cm³/mol. The first-order valence-electron chi connectivity index (χ1n) is 8.05. The Hall–Kier alpha value is -1.64. The maximum Gasteiger partial charge on any atom is 0.227 e. The van der Waals surface area contributed by atoms with Gasteiger partial charge in [-0.2, -0.15) is 0 Å². The van der Waals surface area contributed by atoms with E-state index < -0.39 is 0 Å². The van der Waals surface area contributed by atoms with E-state index in [4.69, 9.17) is 0 Å². The summed E-state index contributed by atoms with van der Waals surface area (Å²) in [6, 6.07) is 7.62. The number of carbonyl (C=O) groups excluding carboxylic acids is 2. The zero-order valence-electron chi connectivity index (χ0n) is 12.7. The van der Waals surface area contributed by atoms with Crippen molar-refractivity contribution in [3.63, 3.8) is 0 Å². The van der Waals surface area contributed by atoms with Crippen LogP contribution in [0.1, 0.15) is 62.2 Å². The zero-order valence-corrected chi connectivity index (χ0v) is 12.7. The summed E-state index contributed by atoms with van der Waals surface area (Å²) < 4.78 is 0. The van der Waals surface area contributed by atoms with E-state index >= 15 is 0 Å². The summed E-state index contributed by atoms with van der Waals surface area (Å²) in [5.41, 5.74) is 1.51. The number of carbonyl (C=O) groups is 2. The molecule has 0 radical (unpaired) electrons. The number of anilines is 1. The normalized spacial score (nSPS) is 21.6. The summed E-state index contributed by atoms with van der Waals surface area (Å²) in [6.07, 6.45) is 7.12. The molecule has 3 rings (SSSR count). The molecule has 1 amide bonds. The van der Waals surface area contributed by atoms with Crippen LogP contribution in [-0.4, -0.2) is 18.2 Å². The Morgan fingerprint density at radius 3 is 2.29 bits per heavy atom. The molecule has 1 aromatic rings. The standard InChI is InChI=1S/C18H23NO2/c1-18(11-3-2-4-12-18)17(21)14-7-9-15(10-8-14)19-13-5-6-16(19)20/h7-10H,2-6,11-13H2,1H3. The average molecular weight is 285 g/mol. The third kappa shape index (κ3) is 2.74. The van der Waals surface area contributed by atoms with Gasteiger partial charge in [0.1, 0.15) is 0 Å². The highest BCUT2D eigenvalue weighted by Crippen LogP contribution is 2.38. The highest BCUT2D eigenvalue weighted by atomic mass is 16.2. The van der Waals surface area contributed by atoms with Crippen molar-refractivity contribution in [1.29, 1.82) is 0 Å². The van der Waals surface area contributed by atoms with Crippen LogP contribution in [0.4, 0.5) is 5.69 Å². The first kappa shape index (κ1) is 14.3. The van der Waals surface area contributed by atoms with Gasteiger partial charge in [0.25, 0.3) is 0 Å². The van der Waals surface area contributed by atoms with E-state index in [0.29, 0.717) is 6.42 Å². The van der Waals surface area contributed by atoms with Crippen LogP contribution in [0.3, 0.4) is 0 Å². The van der Waals surface area contributed by atoms with Gasteiger partial charge in [-0.25, -0.2) is 0 Å². The monoisotopic (exact) mass is 285 g/mol. The van der Waals surface area contributed by atoms with Crippen LogP contribution in [0.15, 0.2) is 24.3 Å². The summed E-state index contributed by atoms with van der Waals surface area (Å²) in [5.74, 6) is 0.454. The quantitative estimate of drug-likeness (QED) is 0.788. The molecule has 0 spiro atoms. The largest absolute Gasteiger partial charge is 0.312 e. The van der Waals surface area contributed by atoms with Crippen molar-refractivity contribution in [2.45, 2.75) is 51.9 Å². The molecule has 1 heterocycles. The Balaban J connectivity index is 1.77. The maximum atomic E-state index is 12.7. The molecule has 0 aromatic heterocycles. The zero-order chi connectivity index (χ0) is 14.9. The number of benzene rings is 1. The van der Waals surface area contributed by atoms with E-state index in [-0.39, 0.29) is 17.1 Å².